The second kappa shape index (κ2) is 7.84. The molecule has 1 saturated heterocycles. The van der Waals surface area contributed by atoms with E-state index in [2.05, 4.69) is 35.0 Å². The number of rotatable bonds is 6. The van der Waals surface area contributed by atoms with Crippen LogP contribution in [0.5, 0.6) is 0 Å². The van der Waals surface area contributed by atoms with Crippen molar-refractivity contribution in [1.82, 2.24) is 10.3 Å². The number of terminal acetylenes is 1. The predicted molar refractivity (Wildman–Crippen MR) is 89.8 cm³/mol. The quantitative estimate of drug-likeness (QED) is 0.822. The number of amides is 1. The summed E-state index contributed by atoms with van der Waals surface area (Å²) < 4.78 is 0. The van der Waals surface area contributed by atoms with E-state index in [1.807, 2.05) is 12.1 Å². The topological polar surface area (TPSA) is 45.2 Å². The monoisotopic (exact) mass is 299 g/mol. The van der Waals surface area contributed by atoms with E-state index in [0.29, 0.717) is 17.5 Å². The lowest BCUT2D eigenvalue weighted by atomic mass is 9.95. The van der Waals surface area contributed by atoms with Crippen molar-refractivity contribution in [1.29, 1.82) is 0 Å². The Kier molecular flexibility index (Phi) is 5.83. The van der Waals surface area contributed by atoms with Gasteiger partial charge < -0.3 is 10.2 Å². The number of anilines is 1. The van der Waals surface area contributed by atoms with Gasteiger partial charge in [0, 0.05) is 18.8 Å². The molecule has 1 amide bonds. The largest absolute Gasteiger partial charge is 0.353 e. The highest BCUT2D eigenvalue weighted by molar-refractivity contribution is 5.94. The maximum absolute atomic E-state index is 11.8. The van der Waals surface area contributed by atoms with Crippen molar-refractivity contribution in [3.05, 3.63) is 23.9 Å². The molecule has 1 aromatic heterocycles. The fourth-order valence-corrected chi connectivity index (χ4v) is 3.24. The summed E-state index contributed by atoms with van der Waals surface area (Å²) in [5.74, 6) is 3.87. The molecule has 1 aliphatic heterocycles. The predicted octanol–water partition coefficient (Wildman–Crippen LogP) is 2.85. The summed E-state index contributed by atoms with van der Waals surface area (Å²) in [5, 5.41) is 2.65. The van der Waals surface area contributed by atoms with Gasteiger partial charge in [-0.05, 0) is 37.3 Å². The highest BCUT2D eigenvalue weighted by atomic mass is 16.1. The first kappa shape index (κ1) is 16.4. The molecule has 2 atom stereocenters. The van der Waals surface area contributed by atoms with Crippen LogP contribution < -0.4 is 10.2 Å². The van der Waals surface area contributed by atoms with Gasteiger partial charge in [-0.2, -0.15) is 0 Å². The van der Waals surface area contributed by atoms with Crippen molar-refractivity contribution in [2.75, 3.05) is 18.0 Å². The van der Waals surface area contributed by atoms with E-state index in [1.165, 1.54) is 25.7 Å². The van der Waals surface area contributed by atoms with Crippen LogP contribution in [0, 0.1) is 18.3 Å². The lowest BCUT2D eigenvalue weighted by Gasteiger charge is -2.30. The van der Waals surface area contributed by atoms with Crippen LogP contribution in [0.3, 0.4) is 0 Å². The van der Waals surface area contributed by atoms with E-state index in [0.717, 1.165) is 12.4 Å². The van der Waals surface area contributed by atoms with Gasteiger partial charge in [-0.25, -0.2) is 4.98 Å². The molecule has 0 saturated carbocycles. The third-order valence-electron chi connectivity index (χ3n) is 4.36. The zero-order chi connectivity index (χ0) is 15.9. The molecule has 2 unspecified atom stereocenters. The Labute approximate surface area is 133 Å². The Morgan fingerprint density at radius 2 is 2.41 bits per heavy atom. The van der Waals surface area contributed by atoms with Crippen LogP contribution in [0.25, 0.3) is 0 Å². The Morgan fingerprint density at radius 3 is 3.05 bits per heavy atom. The van der Waals surface area contributed by atoms with Crippen molar-refractivity contribution in [3.8, 4) is 12.3 Å². The molecule has 1 N–H and O–H groups in total. The molecule has 2 rings (SSSR count). The fourth-order valence-electron chi connectivity index (χ4n) is 3.24. The van der Waals surface area contributed by atoms with Gasteiger partial charge in [-0.3, -0.25) is 4.79 Å². The molecule has 22 heavy (non-hydrogen) atoms. The normalized spacial score (nSPS) is 18.8. The van der Waals surface area contributed by atoms with Gasteiger partial charge in [0.2, 0.25) is 0 Å². The maximum atomic E-state index is 11.8. The second-order valence-electron chi connectivity index (χ2n) is 5.96. The van der Waals surface area contributed by atoms with Gasteiger partial charge in [0.25, 0.3) is 5.91 Å². The van der Waals surface area contributed by atoms with Crippen LogP contribution >= 0.6 is 0 Å². The summed E-state index contributed by atoms with van der Waals surface area (Å²) in [6.45, 7) is 5.85. The first-order valence-electron chi connectivity index (χ1n) is 8.11. The lowest BCUT2D eigenvalue weighted by Crippen LogP contribution is -2.35. The third kappa shape index (κ3) is 3.79. The van der Waals surface area contributed by atoms with Crippen LogP contribution in [-0.2, 0) is 0 Å². The minimum Gasteiger partial charge on any atom is -0.353 e. The molecule has 2 heterocycles. The molecule has 0 aliphatic carbocycles. The molecule has 1 aliphatic rings. The van der Waals surface area contributed by atoms with E-state index in [1.54, 1.807) is 6.20 Å². The summed E-state index contributed by atoms with van der Waals surface area (Å²) in [6, 6.07) is 4.34. The van der Waals surface area contributed by atoms with Gasteiger partial charge in [0.1, 0.15) is 5.82 Å². The summed E-state index contributed by atoms with van der Waals surface area (Å²) in [4.78, 5) is 18.7. The number of aromatic nitrogens is 1. The molecule has 0 spiro atoms. The number of nitrogens with one attached hydrogen (secondary N) is 1. The molecule has 118 valence electrons. The Balaban J connectivity index is 2.06. The van der Waals surface area contributed by atoms with Crippen LogP contribution in [0.4, 0.5) is 5.82 Å². The van der Waals surface area contributed by atoms with Gasteiger partial charge >= 0.3 is 0 Å². The van der Waals surface area contributed by atoms with E-state index in [4.69, 9.17) is 6.42 Å². The van der Waals surface area contributed by atoms with Crippen molar-refractivity contribution in [3.63, 3.8) is 0 Å². The van der Waals surface area contributed by atoms with Crippen LogP contribution in [0.1, 0.15) is 49.9 Å². The summed E-state index contributed by atoms with van der Waals surface area (Å²) in [7, 11) is 0. The number of carbonyl (C=O) groups excluding carboxylic acids is 1. The molecule has 1 aromatic rings. The van der Waals surface area contributed by atoms with E-state index < -0.39 is 0 Å². The van der Waals surface area contributed by atoms with Crippen molar-refractivity contribution in [2.45, 2.75) is 45.6 Å². The molecular formula is C18H25N3O. The van der Waals surface area contributed by atoms with E-state index in [-0.39, 0.29) is 12.5 Å². The minimum absolute atomic E-state index is 0.172. The average Bonchev–Trinajstić information content (AvgIpc) is 3.02. The maximum Gasteiger partial charge on any atom is 0.253 e. The number of carbonyl (C=O) groups is 1. The zero-order valence-corrected chi connectivity index (χ0v) is 13.5. The molecule has 0 radical (unpaired) electrons. The first-order chi connectivity index (χ1) is 10.7. The Hall–Kier alpha value is -2.02. The summed E-state index contributed by atoms with van der Waals surface area (Å²) in [6.07, 6.45) is 11.7. The molecular weight excluding hydrogens is 274 g/mol. The smallest absolute Gasteiger partial charge is 0.253 e. The fraction of sp³-hybridized carbons (Fsp3) is 0.556. The lowest BCUT2D eigenvalue weighted by molar-refractivity contribution is 0.0958. The van der Waals surface area contributed by atoms with Crippen LogP contribution in [-0.4, -0.2) is 30.0 Å². The number of pyridine rings is 1. The van der Waals surface area contributed by atoms with Gasteiger partial charge in [0.05, 0.1) is 12.1 Å². The highest BCUT2D eigenvalue weighted by Crippen LogP contribution is 2.30. The van der Waals surface area contributed by atoms with E-state index >= 15 is 0 Å². The average molecular weight is 299 g/mol. The van der Waals surface area contributed by atoms with E-state index in [9.17, 15) is 4.79 Å². The number of hydrogen-bond acceptors (Lipinski definition) is 3. The molecule has 0 bridgehead atoms. The summed E-state index contributed by atoms with van der Waals surface area (Å²) >= 11 is 0. The van der Waals surface area contributed by atoms with Crippen LogP contribution in [0.15, 0.2) is 18.3 Å². The first-order valence-corrected chi connectivity index (χ1v) is 8.11. The van der Waals surface area contributed by atoms with Crippen LogP contribution in [0.2, 0.25) is 0 Å². The molecule has 0 aromatic carbocycles. The number of hydrogen-bond donors (Lipinski definition) is 1. The number of nitrogens with zero attached hydrogens (tertiary/aromatic N) is 2. The Morgan fingerprint density at radius 1 is 1.59 bits per heavy atom. The van der Waals surface area contributed by atoms with Crippen molar-refractivity contribution in [2.24, 2.45) is 5.92 Å². The second-order valence-corrected chi connectivity index (χ2v) is 5.96. The zero-order valence-electron chi connectivity index (χ0n) is 13.5. The van der Waals surface area contributed by atoms with Gasteiger partial charge in [-0.15, -0.1) is 6.42 Å². The standard InChI is InChI=1S/C18H25N3O/c1-4-7-14(3)16-8-6-12-21(16)17-10-9-15(13-20-17)18(22)19-11-5-2/h2,9-10,13-14,16H,4,6-8,11-12H2,1,3H3,(H,19,22). The van der Waals surface area contributed by atoms with Crippen molar-refractivity contribution < 1.29 is 4.79 Å². The summed E-state index contributed by atoms with van der Waals surface area (Å²) in [5.41, 5.74) is 0.552. The SMILES string of the molecule is C#CCNC(=O)c1ccc(N2CCCC2C(C)CCC)nc1. The van der Waals surface area contributed by atoms with Gasteiger partial charge in [-0.1, -0.05) is 26.2 Å². The Bertz CT molecular complexity index is 532. The third-order valence-corrected chi connectivity index (χ3v) is 4.36. The highest BCUT2D eigenvalue weighted by Gasteiger charge is 2.29. The molecule has 1 fully saturated rings. The molecule has 4 nitrogen and oxygen atoms in total. The molecule has 4 heteroatoms. The minimum atomic E-state index is -0.172. The van der Waals surface area contributed by atoms with Crippen molar-refractivity contribution >= 4 is 11.7 Å². The van der Waals surface area contributed by atoms with Gasteiger partial charge in [0.15, 0.2) is 0 Å².